The SMILES string of the molecule is Cc1cc2c3c(c1)N(c1ccc(C(C)(C)C)cc1)c1c(oc4ccccc14)B3c1oc3ccccc3c1N2c1ccc(C(C)(C)C)cc1. The first-order valence-corrected chi connectivity index (χ1v) is 17.0. The molecule has 2 aromatic heterocycles. The van der Waals surface area contributed by atoms with Gasteiger partial charge >= 0.3 is 6.71 Å². The summed E-state index contributed by atoms with van der Waals surface area (Å²) in [6.45, 7) is 15.6. The molecule has 5 aromatic carbocycles. The van der Waals surface area contributed by atoms with Gasteiger partial charge in [0.15, 0.2) is 0 Å². The smallest absolute Gasteiger partial charge is 0.342 e. The van der Waals surface area contributed by atoms with Crippen molar-refractivity contribution in [3.63, 3.8) is 0 Å². The van der Waals surface area contributed by atoms with Crippen LogP contribution in [-0.4, -0.2) is 6.71 Å². The fourth-order valence-corrected chi connectivity index (χ4v) is 7.76. The zero-order valence-corrected chi connectivity index (χ0v) is 28.7. The van der Waals surface area contributed by atoms with Gasteiger partial charge in [-0.2, -0.15) is 0 Å². The summed E-state index contributed by atoms with van der Waals surface area (Å²) in [5.41, 5.74) is 15.4. The molecule has 0 radical (unpaired) electrons. The molecule has 236 valence electrons. The van der Waals surface area contributed by atoms with Crippen molar-refractivity contribution in [1.29, 1.82) is 0 Å². The molecule has 0 unspecified atom stereocenters. The third-order valence-electron chi connectivity index (χ3n) is 10.2. The first kappa shape index (κ1) is 29.0. The van der Waals surface area contributed by atoms with E-state index in [1.165, 1.54) is 22.2 Å². The van der Waals surface area contributed by atoms with Crippen molar-refractivity contribution >= 4 is 79.6 Å². The van der Waals surface area contributed by atoms with Gasteiger partial charge in [-0.1, -0.05) is 90.1 Å². The predicted octanol–water partition coefficient (Wildman–Crippen LogP) is 10.2. The van der Waals surface area contributed by atoms with E-state index < -0.39 is 0 Å². The van der Waals surface area contributed by atoms with Crippen LogP contribution in [0.4, 0.5) is 34.1 Å². The van der Waals surface area contributed by atoms with E-state index in [0.717, 1.165) is 67.4 Å². The number of anilines is 6. The molecule has 9 rings (SSSR count). The van der Waals surface area contributed by atoms with Gasteiger partial charge in [-0.25, -0.2) is 0 Å². The first-order chi connectivity index (χ1) is 23.0. The maximum absolute atomic E-state index is 6.93. The lowest BCUT2D eigenvalue weighted by atomic mass is 9.37. The summed E-state index contributed by atoms with van der Waals surface area (Å²) in [5, 5.41) is 2.19. The quantitative estimate of drug-likeness (QED) is 0.179. The van der Waals surface area contributed by atoms with Crippen LogP contribution >= 0.6 is 0 Å². The van der Waals surface area contributed by atoms with Crippen LogP contribution in [0.25, 0.3) is 21.9 Å². The van der Waals surface area contributed by atoms with Crippen LogP contribution in [0.2, 0.25) is 0 Å². The van der Waals surface area contributed by atoms with E-state index in [-0.39, 0.29) is 17.5 Å². The minimum absolute atomic E-state index is 0.0578. The lowest BCUT2D eigenvalue weighted by Crippen LogP contribution is -2.60. The molecular weight excluding hydrogens is 587 g/mol. The van der Waals surface area contributed by atoms with Crippen molar-refractivity contribution in [2.24, 2.45) is 0 Å². The molecule has 5 heteroatoms. The number of nitrogens with zero attached hydrogens (tertiary/aromatic N) is 2. The fraction of sp³-hybridized carbons (Fsp3) is 0.209. The number of benzene rings is 5. The Morgan fingerprint density at radius 2 is 0.917 bits per heavy atom. The highest BCUT2D eigenvalue weighted by molar-refractivity contribution is 6.99. The molecule has 0 spiro atoms. The number of hydrogen-bond donors (Lipinski definition) is 0. The molecule has 0 aliphatic carbocycles. The number of hydrogen-bond acceptors (Lipinski definition) is 4. The van der Waals surface area contributed by atoms with Crippen molar-refractivity contribution in [2.75, 3.05) is 9.80 Å². The molecule has 4 nitrogen and oxygen atoms in total. The Balaban J connectivity index is 1.37. The van der Waals surface area contributed by atoms with Gasteiger partial charge in [0, 0.05) is 33.5 Å². The Morgan fingerprint density at radius 1 is 0.521 bits per heavy atom. The second-order valence-corrected chi connectivity index (χ2v) is 15.5. The second-order valence-electron chi connectivity index (χ2n) is 15.5. The van der Waals surface area contributed by atoms with Crippen LogP contribution in [0.3, 0.4) is 0 Å². The topological polar surface area (TPSA) is 32.8 Å². The molecular formula is C43H39BN2O2. The summed E-state index contributed by atoms with van der Waals surface area (Å²) in [6, 6.07) is 39.6. The van der Waals surface area contributed by atoms with Gasteiger partial charge in [0.2, 0.25) is 0 Å². The minimum atomic E-state index is -0.212. The minimum Gasteiger partial charge on any atom is -0.468 e. The zero-order chi connectivity index (χ0) is 33.1. The van der Waals surface area contributed by atoms with E-state index in [2.05, 4.69) is 167 Å². The average molecular weight is 627 g/mol. The lowest BCUT2D eigenvalue weighted by molar-refractivity contribution is 0.590. The van der Waals surface area contributed by atoms with Crippen LogP contribution in [0.1, 0.15) is 58.2 Å². The van der Waals surface area contributed by atoms with E-state index in [1.807, 2.05) is 0 Å². The molecule has 0 amide bonds. The van der Waals surface area contributed by atoms with Crippen LogP contribution in [0, 0.1) is 6.92 Å². The Morgan fingerprint density at radius 3 is 1.31 bits per heavy atom. The number of rotatable bonds is 2. The van der Waals surface area contributed by atoms with Crippen LogP contribution in [0.5, 0.6) is 0 Å². The Bertz CT molecular complexity index is 2220. The summed E-state index contributed by atoms with van der Waals surface area (Å²) in [6.07, 6.45) is 0. The van der Waals surface area contributed by atoms with E-state index in [0.29, 0.717) is 0 Å². The predicted molar refractivity (Wildman–Crippen MR) is 202 cm³/mol. The van der Waals surface area contributed by atoms with E-state index in [9.17, 15) is 0 Å². The maximum Gasteiger partial charge on any atom is 0.342 e. The molecule has 2 aliphatic heterocycles. The standard InChI is InChI=1S/C43H39BN2O2/c1-26-24-33-37-34(25-26)46(30-22-18-28(19-23-30)43(5,6)7)39-32-13-9-11-15-36(32)48-41(39)44(37)40-38(31-12-8-10-14-35(31)47-40)45(33)29-20-16-27(17-21-29)42(2,3)4/h8-25H,1-7H3. The first-order valence-electron chi connectivity index (χ1n) is 17.0. The zero-order valence-electron chi connectivity index (χ0n) is 28.7. The van der Waals surface area contributed by atoms with Gasteiger partial charge in [0.25, 0.3) is 0 Å². The molecule has 7 aromatic rings. The number of fused-ring (bicyclic) bond motifs is 8. The maximum atomic E-state index is 6.93. The Kier molecular flexibility index (Phi) is 6.00. The highest BCUT2D eigenvalue weighted by Crippen LogP contribution is 2.49. The largest absolute Gasteiger partial charge is 0.468 e. The molecule has 0 saturated heterocycles. The summed E-state index contributed by atoms with van der Waals surface area (Å²) < 4.78 is 13.9. The second kappa shape index (κ2) is 9.93. The van der Waals surface area contributed by atoms with Crippen LogP contribution in [0.15, 0.2) is 118 Å². The normalized spacial score (nSPS) is 14.0. The fourth-order valence-electron chi connectivity index (χ4n) is 7.76. The van der Waals surface area contributed by atoms with Gasteiger partial charge in [-0.05, 0) is 101 Å². The number of para-hydroxylation sites is 2. The van der Waals surface area contributed by atoms with E-state index >= 15 is 0 Å². The molecule has 0 N–H and O–H groups in total. The molecule has 0 fully saturated rings. The summed E-state index contributed by atoms with van der Waals surface area (Å²) in [7, 11) is 0. The van der Waals surface area contributed by atoms with Crippen LogP contribution < -0.4 is 26.6 Å². The highest BCUT2D eigenvalue weighted by atomic mass is 16.3. The third kappa shape index (κ3) is 4.16. The van der Waals surface area contributed by atoms with E-state index in [1.54, 1.807) is 0 Å². The number of furan rings is 2. The Hall–Kier alpha value is -5.16. The molecule has 4 heterocycles. The van der Waals surface area contributed by atoms with Gasteiger partial charge in [-0.15, -0.1) is 0 Å². The third-order valence-corrected chi connectivity index (χ3v) is 10.2. The van der Waals surface area contributed by atoms with Crippen molar-refractivity contribution < 1.29 is 8.83 Å². The highest BCUT2D eigenvalue weighted by Gasteiger charge is 2.49. The Labute approximate surface area is 282 Å². The molecule has 0 bridgehead atoms. The van der Waals surface area contributed by atoms with Crippen molar-refractivity contribution in [2.45, 2.75) is 59.3 Å². The molecule has 0 atom stereocenters. The van der Waals surface area contributed by atoms with Crippen LogP contribution in [-0.2, 0) is 10.8 Å². The number of aryl methyl sites for hydroxylation is 1. The lowest BCUT2D eigenvalue weighted by Gasteiger charge is -2.41. The molecule has 48 heavy (non-hydrogen) atoms. The van der Waals surface area contributed by atoms with E-state index in [4.69, 9.17) is 8.83 Å². The summed E-state index contributed by atoms with van der Waals surface area (Å²) in [5.74, 6) is 0. The molecule has 2 aliphatic rings. The summed E-state index contributed by atoms with van der Waals surface area (Å²) in [4.78, 5) is 4.84. The van der Waals surface area contributed by atoms with Crippen molar-refractivity contribution in [1.82, 2.24) is 0 Å². The van der Waals surface area contributed by atoms with Gasteiger partial charge < -0.3 is 18.6 Å². The monoisotopic (exact) mass is 626 g/mol. The van der Waals surface area contributed by atoms with Crippen molar-refractivity contribution in [3.8, 4) is 0 Å². The van der Waals surface area contributed by atoms with Gasteiger partial charge in [0.05, 0.1) is 11.4 Å². The van der Waals surface area contributed by atoms with Gasteiger partial charge in [-0.3, -0.25) is 0 Å². The average Bonchev–Trinajstić information content (AvgIpc) is 3.63. The van der Waals surface area contributed by atoms with Crippen molar-refractivity contribution in [3.05, 3.63) is 126 Å². The summed E-state index contributed by atoms with van der Waals surface area (Å²) >= 11 is 0. The molecule has 0 saturated carbocycles. The van der Waals surface area contributed by atoms with Gasteiger partial charge in [0.1, 0.15) is 22.5 Å².